The molecule has 1 atom stereocenters. The number of ether oxygens (including phenoxy) is 1. The molecule has 0 amide bonds. The van der Waals surface area contributed by atoms with Crippen molar-refractivity contribution in [1.29, 1.82) is 5.41 Å². The van der Waals surface area contributed by atoms with Crippen molar-refractivity contribution in [2.45, 2.75) is 6.54 Å². The van der Waals surface area contributed by atoms with E-state index < -0.39 is 11.0 Å². The van der Waals surface area contributed by atoms with Gasteiger partial charge in [0.15, 0.2) is 6.29 Å². The first-order valence-electron chi connectivity index (χ1n) is 12.3. The van der Waals surface area contributed by atoms with Crippen LogP contribution >= 0.6 is 0 Å². The fourth-order valence-electron chi connectivity index (χ4n) is 4.18. The Bertz CT molecular complexity index is 1590. The maximum Gasteiger partial charge on any atom is 0.294 e. The molecule has 0 bridgehead atoms. The van der Waals surface area contributed by atoms with E-state index in [9.17, 15) is 9.00 Å². The summed E-state index contributed by atoms with van der Waals surface area (Å²) in [4.78, 5) is 16.2. The number of aliphatic imine (C=N–C) groups is 1. The summed E-state index contributed by atoms with van der Waals surface area (Å²) in [7, 11) is 0.671. The second-order valence-corrected chi connectivity index (χ2v) is 9.92. The fraction of sp³-hybridized carbons (Fsp3) is 0.179. The van der Waals surface area contributed by atoms with Gasteiger partial charge < -0.3 is 25.7 Å². The zero-order valence-corrected chi connectivity index (χ0v) is 22.3. The molecule has 1 aliphatic rings. The Balaban J connectivity index is 0.000000448. The van der Waals surface area contributed by atoms with Crippen molar-refractivity contribution in [1.82, 2.24) is 15.2 Å². The molecule has 5 rings (SSSR count). The molecule has 0 radical (unpaired) electrons. The SMILES string of the molecule is CNCCS(N)=O.N=C(N)c1ccc2cc(C=O)n(Cc3cc(OC4=NCC=CN4)cc4ccccc34)c2c1. The van der Waals surface area contributed by atoms with E-state index in [0.717, 1.165) is 40.1 Å². The smallest absolute Gasteiger partial charge is 0.294 e. The van der Waals surface area contributed by atoms with Crippen LogP contribution in [-0.4, -0.2) is 52.8 Å². The molecule has 0 saturated heterocycles. The van der Waals surface area contributed by atoms with E-state index in [-0.39, 0.29) is 5.84 Å². The Hall–Kier alpha value is -4.32. The molecule has 4 aromatic rings. The largest absolute Gasteiger partial charge is 0.426 e. The molecule has 11 heteroatoms. The Morgan fingerprint density at radius 1 is 1.21 bits per heavy atom. The number of aldehydes is 1. The van der Waals surface area contributed by atoms with Crippen LogP contribution in [-0.2, 0) is 17.5 Å². The highest BCUT2D eigenvalue weighted by molar-refractivity contribution is 7.82. The first-order chi connectivity index (χ1) is 18.9. The van der Waals surface area contributed by atoms with Gasteiger partial charge in [0.2, 0.25) is 0 Å². The van der Waals surface area contributed by atoms with Gasteiger partial charge in [-0.25, -0.2) is 9.20 Å². The molecule has 7 N–H and O–H groups in total. The van der Waals surface area contributed by atoms with Gasteiger partial charge in [0, 0.05) is 35.8 Å². The lowest BCUT2D eigenvalue weighted by atomic mass is 10.0. The number of nitrogens with zero attached hydrogens (tertiary/aromatic N) is 2. The molecule has 0 fully saturated rings. The number of benzene rings is 3. The van der Waals surface area contributed by atoms with Crippen molar-refractivity contribution in [2.24, 2.45) is 15.9 Å². The molecule has 2 heterocycles. The second kappa shape index (κ2) is 13.0. The minimum Gasteiger partial charge on any atom is -0.426 e. The first-order valence-corrected chi connectivity index (χ1v) is 13.6. The standard InChI is InChI=1S/C25H21N5O2.C3H10N2OS/c26-24(27)18-7-6-17-10-20(15-31)30(23(17)13-18)14-19-12-21(32-25-28-8-3-9-29-25)11-16-4-1-2-5-22(16)19;1-5-2-3-7(4)6/h1-8,10-13,15H,9,14H2,(H3,26,27)(H,28,29);5H,2-4H2,1H3. The van der Waals surface area contributed by atoms with Crippen LogP contribution in [0.1, 0.15) is 21.6 Å². The number of hydrogen-bond acceptors (Lipinski definition) is 7. The van der Waals surface area contributed by atoms with E-state index in [1.807, 2.05) is 59.2 Å². The summed E-state index contributed by atoms with van der Waals surface area (Å²) in [5.41, 5.74) is 8.71. The van der Waals surface area contributed by atoms with Crippen molar-refractivity contribution in [3.63, 3.8) is 0 Å². The second-order valence-electron chi connectivity index (χ2n) is 8.75. The molecular formula is C28H31N7O3S. The average molecular weight is 546 g/mol. The third kappa shape index (κ3) is 6.96. The number of nitrogens with one attached hydrogen (secondary N) is 3. The minimum atomic E-state index is -1.13. The van der Waals surface area contributed by atoms with Crippen LogP contribution in [0.4, 0.5) is 0 Å². The van der Waals surface area contributed by atoms with Gasteiger partial charge in [-0.3, -0.25) is 15.3 Å². The molecule has 1 unspecified atom stereocenters. The maximum atomic E-state index is 11.9. The summed E-state index contributed by atoms with van der Waals surface area (Å²) in [5, 5.41) is 21.5. The van der Waals surface area contributed by atoms with E-state index in [1.165, 1.54) is 0 Å². The highest BCUT2D eigenvalue weighted by Gasteiger charge is 2.14. The lowest BCUT2D eigenvalue weighted by Gasteiger charge is -2.15. The van der Waals surface area contributed by atoms with Gasteiger partial charge in [-0.1, -0.05) is 36.4 Å². The molecule has 10 nitrogen and oxygen atoms in total. The number of carbonyl (C=O) groups is 1. The van der Waals surface area contributed by atoms with Gasteiger partial charge in [-0.15, -0.1) is 0 Å². The van der Waals surface area contributed by atoms with Gasteiger partial charge >= 0.3 is 0 Å². The van der Waals surface area contributed by atoms with Gasteiger partial charge in [0.05, 0.1) is 29.0 Å². The maximum absolute atomic E-state index is 11.9. The highest BCUT2D eigenvalue weighted by atomic mass is 32.2. The van der Waals surface area contributed by atoms with Gasteiger partial charge in [0.25, 0.3) is 6.02 Å². The van der Waals surface area contributed by atoms with Crippen molar-refractivity contribution >= 4 is 50.8 Å². The number of hydrogen-bond donors (Lipinski definition) is 5. The predicted molar refractivity (Wildman–Crippen MR) is 158 cm³/mol. The molecular weight excluding hydrogens is 514 g/mol. The number of rotatable bonds is 8. The Labute approximate surface area is 228 Å². The molecule has 0 spiro atoms. The van der Waals surface area contributed by atoms with E-state index in [0.29, 0.717) is 41.9 Å². The summed E-state index contributed by atoms with van der Waals surface area (Å²) < 4.78 is 18.0. The molecule has 202 valence electrons. The third-order valence-corrected chi connectivity index (χ3v) is 6.66. The van der Waals surface area contributed by atoms with Crippen molar-refractivity contribution < 1.29 is 13.7 Å². The van der Waals surface area contributed by atoms with E-state index in [2.05, 4.69) is 21.7 Å². The Morgan fingerprint density at radius 2 is 2.03 bits per heavy atom. The van der Waals surface area contributed by atoms with Crippen LogP contribution in [0.3, 0.4) is 0 Å². The molecule has 0 aliphatic carbocycles. The van der Waals surface area contributed by atoms with Gasteiger partial charge in [0.1, 0.15) is 11.6 Å². The number of nitrogen functional groups attached to an aromatic ring is 1. The average Bonchev–Trinajstić information content (AvgIpc) is 3.29. The van der Waals surface area contributed by atoms with Crippen LogP contribution in [0.15, 0.2) is 77.9 Å². The number of fused-ring (bicyclic) bond motifs is 2. The lowest BCUT2D eigenvalue weighted by Crippen LogP contribution is -2.26. The third-order valence-electron chi connectivity index (χ3n) is 6.05. The van der Waals surface area contributed by atoms with Crippen LogP contribution in [0.2, 0.25) is 0 Å². The van der Waals surface area contributed by atoms with Gasteiger partial charge in [-0.2, -0.15) is 0 Å². The Kier molecular flexibility index (Phi) is 9.21. The molecule has 39 heavy (non-hydrogen) atoms. The van der Waals surface area contributed by atoms with Crippen molar-refractivity contribution in [2.75, 3.05) is 25.9 Å². The molecule has 3 aromatic carbocycles. The van der Waals surface area contributed by atoms with Crippen LogP contribution in [0.25, 0.3) is 21.7 Å². The quantitative estimate of drug-likeness (QED) is 0.130. The first kappa shape index (κ1) is 27.7. The van der Waals surface area contributed by atoms with Crippen molar-refractivity contribution in [3.8, 4) is 5.75 Å². The van der Waals surface area contributed by atoms with Crippen LogP contribution in [0.5, 0.6) is 5.75 Å². The van der Waals surface area contributed by atoms with Crippen LogP contribution in [0, 0.1) is 5.41 Å². The summed E-state index contributed by atoms with van der Waals surface area (Å²) in [5.74, 6) is 1.19. The monoisotopic (exact) mass is 545 g/mol. The lowest BCUT2D eigenvalue weighted by molar-refractivity contribution is 0.111. The van der Waals surface area contributed by atoms with Crippen molar-refractivity contribution in [3.05, 3.63) is 89.8 Å². The summed E-state index contributed by atoms with van der Waals surface area (Å²) in [6.07, 6.45) is 4.56. The number of amidine groups is 2. The van der Waals surface area contributed by atoms with Crippen LogP contribution < -0.4 is 26.2 Å². The van der Waals surface area contributed by atoms with E-state index in [1.54, 1.807) is 19.3 Å². The van der Waals surface area contributed by atoms with E-state index in [4.69, 9.17) is 21.0 Å². The van der Waals surface area contributed by atoms with E-state index >= 15 is 0 Å². The number of carbonyl (C=O) groups excluding carboxylic acids is 1. The predicted octanol–water partition coefficient (Wildman–Crippen LogP) is 2.62. The summed E-state index contributed by atoms with van der Waals surface area (Å²) in [6, 6.07) is 19.8. The zero-order chi connectivity index (χ0) is 27.8. The summed E-state index contributed by atoms with van der Waals surface area (Å²) in [6.45, 7) is 1.75. The topological polar surface area (TPSA) is 161 Å². The minimum absolute atomic E-state index is 0.0112. The highest BCUT2D eigenvalue weighted by Crippen LogP contribution is 2.29. The summed E-state index contributed by atoms with van der Waals surface area (Å²) >= 11 is 0. The number of aromatic nitrogens is 1. The molecule has 0 saturated carbocycles. The zero-order valence-electron chi connectivity index (χ0n) is 21.5. The molecule has 1 aliphatic heterocycles. The molecule has 1 aromatic heterocycles. The van der Waals surface area contributed by atoms with Gasteiger partial charge in [-0.05, 0) is 53.7 Å². The number of nitrogens with two attached hydrogens (primary N) is 2. The fourth-order valence-corrected chi connectivity index (χ4v) is 4.58. The normalized spacial score (nSPS) is 13.2. The Morgan fingerprint density at radius 3 is 2.69 bits per heavy atom.